The maximum atomic E-state index is 13.5. The van der Waals surface area contributed by atoms with E-state index in [1.54, 1.807) is 12.3 Å². The van der Waals surface area contributed by atoms with E-state index in [9.17, 15) is 9.59 Å². The molecule has 37 heavy (non-hydrogen) atoms. The summed E-state index contributed by atoms with van der Waals surface area (Å²) in [5.74, 6) is 0.973. The fourth-order valence-corrected chi connectivity index (χ4v) is 5.03. The van der Waals surface area contributed by atoms with Gasteiger partial charge in [-0.15, -0.1) is 0 Å². The van der Waals surface area contributed by atoms with Crippen LogP contribution in [0.15, 0.2) is 85.1 Å². The van der Waals surface area contributed by atoms with Crippen LogP contribution in [0, 0.1) is 0 Å². The molecule has 0 saturated carbocycles. The lowest BCUT2D eigenvalue weighted by molar-refractivity contribution is -0.117. The molecule has 0 unspecified atom stereocenters. The predicted octanol–water partition coefficient (Wildman–Crippen LogP) is 3.84. The summed E-state index contributed by atoms with van der Waals surface area (Å²) in [5, 5.41) is 3.13. The molecule has 2 saturated heterocycles. The van der Waals surface area contributed by atoms with E-state index >= 15 is 0 Å². The minimum absolute atomic E-state index is 0.0669. The fourth-order valence-electron chi connectivity index (χ4n) is 5.03. The molecule has 7 nitrogen and oxygen atoms in total. The predicted molar refractivity (Wildman–Crippen MR) is 148 cm³/mol. The summed E-state index contributed by atoms with van der Waals surface area (Å²) in [6.45, 7) is 4.49. The van der Waals surface area contributed by atoms with Gasteiger partial charge in [-0.3, -0.25) is 9.59 Å². The Hall–Kier alpha value is -4.13. The Balaban J connectivity index is 1.15. The number of nitrogens with zero attached hydrogens (tertiary/aromatic N) is 4. The largest absolute Gasteiger partial charge is 0.371 e. The number of pyridine rings is 1. The van der Waals surface area contributed by atoms with E-state index in [1.165, 1.54) is 0 Å². The highest BCUT2D eigenvalue weighted by molar-refractivity contribution is 6.00. The number of para-hydroxylation sites is 1. The van der Waals surface area contributed by atoms with Gasteiger partial charge in [0.05, 0.1) is 5.56 Å². The van der Waals surface area contributed by atoms with E-state index in [1.807, 2.05) is 83.8 Å². The highest BCUT2D eigenvalue weighted by Crippen LogP contribution is 2.26. The SMILES string of the molecule is O=C(/C=C/c1ccccc1)NC1CCN(c2ccccc2C(=O)N2CCN(c3ccccn3)CC2)CC1. The van der Waals surface area contributed by atoms with E-state index in [-0.39, 0.29) is 17.9 Å². The first-order chi connectivity index (χ1) is 18.2. The number of carbonyl (C=O) groups is 2. The van der Waals surface area contributed by atoms with E-state index in [4.69, 9.17) is 0 Å². The molecule has 2 amide bonds. The summed E-state index contributed by atoms with van der Waals surface area (Å²) in [6, 6.07) is 23.8. The fraction of sp³-hybridized carbons (Fsp3) is 0.300. The Morgan fingerprint density at radius 3 is 2.22 bits per heavy atom. The van der Waals surface area contributed by atoms with Crippen molar-refractivity contribution in [1.29, 1.82) is 0 Å². The van der Waals surface area contributed by atoms with Gasteiger partial charge in [0, 0.05) is 63.3 Å². The molecule has 0 spiro atoms. The third-order valence-electron chi connectivity index (χ3n) is 7.08. The summed E-state index contributed by atoms with van der Waals surface area (Å²) in [6.07, 6.45) is 6.93. The zero-order valence-corrected chi connectivity index (χ0v) is 21.0. The second kappa shape index (κ2) is 11.7. The summed E-state index contributed by atoms with van der Waals surface area (Å²) >= 11 is 0. The standard InChI is InChI=1S/C30H33N5O2/c36-29(14-13-24-8-2-1-3-9-24)32-25-15-18-33(19-16-25)27-11-5-4-10-26(27)30(37)35-22-20-34(21-23-35)28-12-6-7-17-31-28/h1-14,17,25H,15-16,18-23H2,(H,32,36)/b14-13+. The molecular formula is C30H33N5O2. The van der Waals surface area contributed by atoms with Crippen LogP contribution in [0.4, 0.5) is 11.5 Å². The molecule has 2 aliphatic heterocycles. The number of nitrogens with one attached hydrogen (secondary N) is 1. The van der Waals surface area contributed by atoms with Gasteiger partial charge in [-0.25, -0.2) is 4.98 Å². The molecule has 190 valence electrons. The van der Waals surface area contributed by atoms with Crippen molar-refractivity contribution in [3.05, 3.63) is 96.2 Å². The lowest BCUT2D eigenvalue weighted by Gasteiger charge is -2.37. The number of carbonyl (C=O) groups excluding carboxylic acids is 2. The lowest BCUT2D eigenvalue weighted by atomic mass is 10.0. The molecule has 3 aromatic rings. The molecule has 3 heterocycles. The summed E-state index contributed by atoms with van der Waals surface area (Å²) < 4.78 is 0. The zero-order valence-electron chi connectivity index (χ0n) is 21.0. The molecule has 0 atom stereocenters. The summed E-state index contributed by atoms with van der Waals surface area (Å²) in [7, 11) is 0. The van der Waals surface area contributed by atoms with Crippen LogP contribution in [-0.2, 0) is 4.79 Å². The number of piperazine rings is 1. The van der Waals surface area contributed by atoms with E-state index in [0.717, 1.165) is 61.7 Å². The Morgan fingerprint density at radius 1 is 0.784 bits per heavy atom. The first-order valence-corrected chi connectivity index (χ1v) is 13.0. The molecule has 0 aliphatic carbocycles. The molecule has 7 heteroatoms. The number of piperidine rings is 1. The first-order valence-electron chi connectivity index (χ1n) is 13.0. The third kappa shape index (κ3) is 6.17. The van der Waals surface area contributed by atoms with Gasteiger partial charge in [-0.2, -0.15) is 0 Å². The van der Waals surface area contributed by atoms with Crippen molar-refractivity contribution >= 4 is 29.4 Å². The van der Waals surface area contributed by atoms with Gasteiger partial charge >= 0.3 is 0 Å². The quantitative estimate of drug-likeness (QED) is 0.527. The van der Waals surface area contributed by atoms with E-state index < -0.39 is 0 Å². The highest BCUT2D eigenvalue weighted by atomic mass is 16.2. The normalized spacial score (nSPS) is 16.7. The summed E-state index contributed by atoms with van der Waals surface area (Å²) in [4.78, 5) is 36.8. The smallest absolute Gasteiger partial charge is 0.256 e. The molecular weight excluding hydrogens is 462 g/mol. The number of anilines is 2. The van der Waals surface area contributed by atoms with E-state index in [2.05, 4.69) is 20.1 Å². The Bertz CT molecular complexity index is 1210. The zero-order chi connectivity index (χ0) is 25.5. The lowest BCUT2D eigenvalue weighted by Crippen LogP contribution is -2.49. The average molecular weight is 496 g/mol. The van der Waals surface area contributed by atoms with Crippen LogP contribution in [0.2, 0.25) is 0 Å². The van der Waals surface area contributed by atoms with Crippen molar-refractivity contribution in [3.8, 4) is 0 Å². The van der Waals surface area contributed by atoms with Crippen LogP contribution in [-0.4, -0.2) is 67.0 Å². The monoisotopic (exact) mass is 495 g/mol. The maximum absolute atomic E-state index is 13.5. The molecule has 2 aromatic carbocycles. The van der Waals surface area contributed by atoms with Crippen LogP contribution in [0.1, 0.15) is 28.8 Å². The van der Waals surface area contributed by atoms with Crippen molar-refractivity contribution in [2.24, 2.45) is 0 Å². The van der Waals surface area contributed by atoms with Crippen LogP contribution in [0.25, 0.3) is 6.08 Å². The first kappa shape index (κ1) is 24.6. The second-order valence-electron chi connectivity index (χ2n) is 9.50. The molecule has 5 rings (SSSR count). The topological polar surface area (TPSA) is 68.8 Å². The van der Waals surface area contributed by atoms with Gasteiger partial charge in [0.1, 0.15) is 5.82 Å². The minimum Gasteiger partial charge on any atom is -0.371 e. The Labute approximate surface area is 218 Å². The van der Waals surface area contributed by atoms with Gasteiger partial charge in [0.2, 0.25) is 5.91 Å². The van der Waals surface area contributed by atoms with Crippen LogP contribution in [0.3, 0.4) is 0 Å². The summed E-state index contributed by atoms with van der Waals surface area (Å²) in [5.41, 5.74) is 2.74. The molecule has 0 bridgehead atoms. The van der Waals surface area contributed by atoms with Gasteiger partial charge in [0.15, 0.2) is 0 Å². The van der Waals surface area contributed by atoms with Crippen molar-refractivity contribution in [2.75, 3.05) is 49.1 Å². The van der Waals surface area contributed by atoms with Crippen LogP contribution < -0.4 is 15.1 Å². The molecule has 1 aromatic heterocycles. The number of aromatic nitrogens is 1. The maximum Gasteiger partial charge on any atom is 0.256 e. The van der Waals surface area contributed by atoms with Crippen molar-refractivity contribution in [1.82, 2.24) is 15.2 Å². The van der Waals surface area contributed by atoms with Gasteiger partial charge < -0.3 is 20.0 Å². The number of amides is 2. The van der Waals surface area contributed by atoms with Gasteiger partial charge in [-0.1, -0.05) is 48.5 Å². The van der Waals surface area contributed by atoms with Crippen molar-refractivity contribution < 1.29 is 9.59 Å². The Morgan fingerprint density at radius 2 is 1.49 bits per heavy atom. The van der Waals surface area contributed by atoms with Crippen molar-refractivity contribution in [3.63, 3.8) is 0 Å². The number of hydrogen-bond donors (Lipinski definition) is 1. The number of benzene rings is 2. The van der Waals surface area contributed by atoms with Crippen LogP contribution in [0.5, 0.6) is 0 Å². The molecule has 2 aliphatic rings. The van der Waals surface area contributed by atoms with E-state index in [0.29, 0.717) is 13.1 Å². The van der Waals surface area contributed by atoms with Gasteiger partial charge in [0.25, 0.3) is 5.91 Å². The van der Waals surface area contributed by atoms with Gasteiger partial charge in [-0.05, 0) is 48.7 Å². The van der Waals surface area contributed by atoms with Crippen molar-refractivity contribution in [2.45, 2.75) is 18.9 Å². The average Bonchev–Trinajstić information content (AvgIpc) is 2.97. The molecule has 1 N–H and O–H groups in total. The molecule has 2 fully saturated rings. The number of rotatable bonds is 6. The van der Waals surface area contributed by atoms with Crippen LogP contribution >= 0.6 is 0 Å². The third-order valence-corrected chi connectivity index (χ3v) is 7.08. The highest BCUT2D eigenvalue weighted by Gasteiger charge is 2.27. The second-order valence-corrected chi connectivity index (χ2v) is 9.50. The molecule has 0 radical (unpaired) electrons. The Kier molecular flexibility index (Phi) is 7.79. The number of hydrogen-bond acceptors (Lipinski definition) is 5. The minimum atomic E-state index is -0.0669.